The Morgan fingerprint density at radius 2 is 2.17 bits per heavy atom. The van der Waals surface area contributed by atoms with Crippen LogP contribution in [0.25, 0.3) is 0 Å². The molecule has 0 spiro atoms. The summed E-state index contributed by atoms with van der Waals surface area (Å²) in [4.78, 5) is 4.14. The summed E-state index contributed by atoms with van der Waals surface area (Å²) in [7, 11) is 0. The van der Waals surface area contributed by atoms with Crippen molar-refractivity contribution in [2.45, 2.75) is 26.0 Å². The number of benzene rings is 1. The quantitative estimate of drug-likeness (QED) is 0.893. The molecule has 2 rings (SSSR count). The van der Waals surface area contributed by atoms with Gasteiger partial charge in [0.2, 0.25) is 0 Å². The van der Waals surface area contributed by atoms with E-state index >= 15 is 0 Å². The Morgan fingerprint density at radius 3 is 2.83 bits per heavy atom. The van der Waals surface area contributed by atoms with Gasteiger partial charge in [0.25, 0.3) is 0 Å². The van der Waals surface area contributed by atoms with E-state index in [9.17, 15) is 5.11 Å². The molecule has 0 saturated carbocycles. The second-order valence-corrected chi connectivity index (χ2v) is 5.68. The molecule has 0 radical (unpaired) electrons. The number of rotatable bonds is 4. The van der Waals surface area contributed by atoms with Gasteiger partial charge in [0.05, 0.1) is 0 Å². The molecular weight excluding hydrogens is 362 g/mol. The van der Waals surface area contributed by atoms with Gasteiger partial charge in [-0.25, -0.2) is 9.67 Å². The van der Waals surface area contributed by atoms with Crippen molar-refractivity contribution in [1.29, 1.82) is 0 Å². The lowest BCUT2D eigenvalue weighted by Crippen LogP contribution is -2.11. The van der Waals surface area contributed by atoms with Crippen LogP contribution in [0, 0.1) is 0 Å². The van der Waals surface area contributed by atoms with Crippen molar-refractivity contribution in [2.75, 3.05) is 0 Å². The van der Waals surface area contributed by atoms with Gasteiger partial charge in [0.15, 0.2) is 5.82 Å². The first kappa shape index (κ1) is 13.7. The molecule has 96 valence electrons. The van der Waals surface area contributed by atoms with Gasteiger partial charge in [-0.2, -0.15) is 5.10 Å². The summed E-state index contributed by atoms with van der Waals surface area (Å²) in [6.45, 7) is 2.81. The lowest BCUT2D eigenvalue weighted by Gasteiger charge is -2.13. The average Bonchev–Trinajstić information content (AvgIpc) is 2.77. The standard InChI is InChI=1S/C12H13Br2N3O/c1-2-5-17-12(15-7-16-17)11(18)9-4-3-8(13)6-10(9)14/h3-4,6-7,11,18H,2,5H2,1H3. The van der Waals surface area contributed by atoms with Gasteiger partial charge in [-0.1, -0.05) is 44.8 Å². The number of nitrogens with zero attached hydrogens (tertiary/aromatic N) is 3. The zero-order valence-electron chi connectivity index (χ0n) is 9.85. The molecule has 4 nitrogen and oxygen atoms in total. The molecule has 0 aliphatic heterocycles. The summed E-state index contributed by atoms with van der Waals surface area (Å²) in [6.07, 6.45) is 1.65. The maximum Gasteiger partial charge on any atom is 0.160 e. The normalized spacial score (nSPS) is 12.7. The van der Waals surface area contributed by atoms with Crippen LogP contribution < -0.4 is 0 Å². The first-order valence-electron chi connectivity index (χ1n) is 5.64. The van der Waals surface area contributed by atoms with Gasteiger partial charge >= 0.3 is 0 Å². The summed E-state index contributed by atoms with van der Waals surface area (Å²) < 4.78 is 3.54. The highest BCUT2D eigenvalue weighted by Gasteiger charge is 2.19. The van der Waals surface area contributed by atoms with Crippen molar-refractivity contribution in [2.24, 2.45) is 0 Å². The molecule has 1 aromatic heterocycles. The van der Waals surface area contributed by atoms with E-state index < -0.39 is 6.10 Å². The maximum absolute atomic E-state index is 10.4. The Bertz CT molecular complexity index is 542. The number of aromatic nitrogens is 3. The van der Waals surface area contributed by atoms with E-state index in [4.69, 9.17) is 0 Å². The molecule has 0 fully saturated rings. The summed E-state index contributed by atoms with van der Waals surface area (Å²) in [6, 6.07) is 5.66. The molecule has 1 unspecified atom stereocenters. The Hall–Kier alpha value is -0.720. The number of aryl methyl sites for hydroxylation is 1. The zero-order valence-corrected chi connectivity index (χ0v) is 13.0. The maximum atomic E-state index is 10.4. The molecule has 1 N–H and O–H groups in total. The molecule has 1 heterocycles. The number of hydrogen-bond donors (Lipinski definition) is 1. The van der Waals surface area contributed by atoms with Crippen LogP contribution in [0.3, 0.4) is 0 Å². The Labute approximate surface area is 122 Å². The molecule has 0 aliphatic rings. The van der Waals surface area contributed by atoms with E-state index in [1.165, 1.54) is 6.33 Å². The van der Waals surface area contributed by atoms with E-state index in [2.05, 4.69) is 48.9 Å². The average molecular weight is 375 g/mol. The molecular formula is C12H13Br2N3O. The van der Waals surface area contributed by atoms with Gasteiger partial charge < -0.3 is 5.11 Å². The summed E-state index contributed by atoms with van der Waals surface area (Å²) in [5.74, 6) is 0.569. The first-order chi connectivity index (χ1) is 8.63. The zero-order chi connectivity index (χ0) is 13.1. The van der Waals surface area contributed by atoms with Gasteiger partial charge in [-0.15, -0.1) is 0 Å². The minimum atomic E-state index is -0.776. The van der Waals surface area contributed by atoms with Crippen molar-refractivity contribution >= 4 is 31.9 Å². The van der Waals surface area contributed by atoms with Crippen LogP contribution in [0.1, 0.15) is 30.8 Å². The lowest BCUT2D eigenvalue weighted by atomic mass is 10.1. The number of aliphatic hydroxyl groups excluding tert-OH is 1. The van der Waals surface area contributed by atoms with Crippen LogP contribution >= 0.6 is 31.9 Å². The highest BCUT2D eigenvalue weighted by atomic mass is 79.9. The fraction of sp³-hybridized carbons (Fsp3) is 0.333. The number of aliphatic hydroxyl groups is 1. The van der Waals surface area contributed by atoms with E-state index in [1.807, 2.05) is 18.2 Å². The molecule has 0 bridgehead atoms. The van der Waals surface area contributed by atoms with E-state index in [0.717, 1.165) is 27.5 Å². The second-order valence-electron chi connectivity index (χ2n) is 3.91. The predicted octanol–water partition coefficient (Wildman–Crippen LogP) is 3.29. The third-order valence-corrected chi connectivity index (χ3v) is 3.76. The van der Waals surface area contributed by atoms with Crippen LogP contribution in [0.2, 0.25) is 0 Å². The van der Waals surface area contributed by atoms with Crippen molar-refractivity contribution < 1.29 is 5.11 Å². The van der Waals surface area contributed by atoms with Crippen LogP contribution in [-0.2, 0) is 6.54 Å². The fourth-order valence-electron chi connectivity index (χ4n) is 1.73. The molecule has 18 heavy (non-hydrogen) atoms. The van der Waals surface area contributed by atoms with Crippen molar-refractivity contribution in [3.8, 4) is 0 Å². The van der Waals surface area contributed by atoms with Crippen LogP contribution in [-0.4, -0.2) is 19.9 Å². The molecule has 1 atom stereocenters. The fourth-order valence-corrected chi connectivity index (χ4v) is 3.00. The number of hydrogen-bond acceptors (Lipinski definition) is 3. The van der Waals surface area contributed by atoms with E-state index in [-0.39, 0.29) is 0 Å². The Balaban J connectivity index is 2.35. The highest BCUT2D eigenvalue weighted by Crippen LogP contribution is 2.29. The molecule has 1 aromatic carbocycles. The van der Waals surface area contributed by atoms with Crippen LogP contribution in [0.5, 0.6) is 0 Å². The summed E-state index contributed by atoms with van der Waals surface area (Å²) >= 11 is 6.84. The van der Waals surface area contributed by atoms with Crippen LogP contribution in [0.4, 0.5) is 0 Å². The SMILES string of the molecule is CCCn1ncnc1C(O)c1ccc(Br)cc1Br. The Kier molecular flexibility index (Phi) is 4.53. The molecule has 0 aliphatic carbocycles. The van der Waals surface area contributed by atoms with Crippen molar-refractivity contribution in [3.05, 3.63) is 44.9 Å². The minimum Gasteiger partial charge on any atom is -0.380 e. The minimum absolute atomic E-state index is 0.569. The van der Waals surface area contributed by atoms with Gasteiger partial charge in [-0.3, -0.25) is 0 Å². The topological polar surface area (TPSA) is 50.9 Å². The number of halogens is 2. The smallest absolute Gasteiger partial charge is 0.160 e. The van der Waals surface area contributed by atoms with Gasteiger partial charge in [0.1, 0.15) is 12.4 Å². The lowest BCUT2D eigenvalue weighted by molar-refractivity contribution is 0.201. The first-order valence-corrected chi connectivity index (χ1v) is 7.22. The van der Waals surface area contributed by atoms with Crippen molar-refractivity contribution in [3.63, 3.8) is 0 Å². The second kappa shape index (κ2) is 5.95. The third kappa shape index (κ3) is 2.81. The summed E-state index contributed by atoms with van der Waals surface area (Å²) in [5, 5.41) is 14.5. The molecule has 6 heteroatoms. The van der Waals surface area contributed by atoms with E-state index in [0.29, 0.717) is 5.82 Å². The molecule has 0 amide bonds. The third-order valence-electron chi connectivity index (χ3n) is 2.58. The molecule has 0 saturated heterocycles. The van der Waals surface area contributed by atoms with Crippen LogP contribution in [0.15, 0.2) is 33.5 Å². The Morgan fingerprint density at radius 1 is 1.39 bits per heavy atom. The van der Waals surface area contributed by atoms with Gasteiger partial charge in [-0.05, 0) is 18.6 Å². The van der Waals surface area contributed by atoms with Crippen molar-refractivity contribution in [1.82, 2.24) is 14.8 Å². The molecule has 2 aromatic rings. The largest absolute Gasteiger partial charge is 0.380 e. The van der Waals surface area contributed by atoms with E-state index in [1.54, 1.807) is 4.68 Å². The summed E-state index contributed by atoms with van der Waals surface area (Å²) in [5.41, 5.74) is 0.781. The van der Waals surface area contributed by atoms with Gasteiger partial charge in [0, 0.05) is 21.1 Å². The highest BCUT2D eigenvalue weighted by molar-refractivity contribution is 9.11. The predicted molar refractivity (Wildman–Crippen MR) is 76.2 cm³/mol. The monoisotopic (exact) mass is 373 g/mol.